The van der Waals surface area contributed by atoms with Gasteiger partial charge in [0.25, 0.3) is 0 Å². The van der Waals surface area contributed by atoms with E-state index >= 15 is 0 Å². The molecule has 1 unspecified atom stereocenters. The summed E-state index contributed by atoms with van der Waals surface area (Å²) < 4.78 is 1.83. The molecule has 1 N–H and O–H groups in total. The van der Waals surface area contributed by atoms with Gasteiger partial charge in [-0.1, -0.05) is 12.8 Å². The van der Waals surface area contributed by atoms with Crippen LogP contribution in [-0.2, 0) is 16.1 Å². The Morgan fingerprint density at radius 3 is 2.44 bits per heavy atom. The molecule has 2 aliphatic rings. The number of nitrogens with zero attached hydrogens (tertiary/aromatic N) is 2. The Morgan fingerprint density at radius 1 is 1.07 bits per heavy atom. The number of anilines is 1. The zero-order chi connectivity index (χ0) is 19.0. The zero-order valence-corrected chi connectivity index (χ0v) is 15.4. The van der Waals surface area contributed by atoms with Crippen LogP contribution in [-0.4, -0.2) is 28.2 Å². The molecule has 4 rings (SSSR count). The van der Waals surface area contributed by atoms with Gasteiger partial charge in [-0.05, 0) is 56.2 Å². The normalized spacial score (nSPS) is 19.8. The van der Waals surface area contributed by atoms with Crippen LogP contribution >= 0.6 is 0 Å². The molecule has 1 atom stereocenters. The smallest absolute Gasteiger partial charge is 0.249 e. The molecule has 0 bridgehead atoms. The third-order valence-electron chi connectivity index (χ3n) is 5.48. The monoisotopic (exact) mass is 365 g/mol. The number of aromatic nitrogens is 1. The van der Waals surface area contributed by atoms with E-state index in [0.29, 0.717) is 11.3 Å². The molecule has 2 heterocycles. The summed E-state index contributed by atoms with van der Waals surface area (Å²) in [7, 11) is 0. The van der Waals surface area contributed by atoms with Crippen LogP contribution in [0.1, 0.15) is 54.7 Å². The number of fused-ring (bicyclic) bond motifs is 1. The summed E-state index contributed by atoms with van der Waals surface area (Å²) in [4.78, 5) is 39.1. The number of Topliss-reactive ketones (excluding diaryl/α,β-unsaturated/α-hetero) is 1. The maximum absolute atomic E-state index is 13.1. The van der Waals surface area contributed by atoms with Gasteiger partial charge in [0.1, 0.15) is 6.54 Å². The van der Waals surface area contributed by atoms with Crippen molar-refractivity contribution in [3.8, 4) is 0 Å². The Hall–Kier alpha value is -2.89. The number of benzene rings is 1. The second-order valence-electron chi connectivity index (χ2n) is 7.32. The molecular formula is C21H23N3O3. The highest BCUT2D eigenvalue weighted by atomic mass is 16.2. The van der Waals surface area contributed by atoms with Gasteiger partial charge in [0.2, 0.25) is 11.8 Å². The minimum Gasteiger partial charge on any atom is -0.351 e. The molecular weight excluding hydrogens is 342 g/mol. The quantitative estimate of drug-likeness (QED) is 0.847. The van der Waals surface area contributed by atoms with Crippen molar-refractivity contribution in [1.82, 2.24) is 9.88 Å². The van der Waals surface area contributed by atoms with Crippen LogP contribution in [0.5, 0.6) is 0 Å². The molecule has 1 saturated carbocycles. The lowest BCUT2D eigenvalue weighted by molar-refractivity contribution is -0.128. The van der Waals surface area contributed by atoms with Gasteiger partial charge in [-0.2, -0.15) is 0 Å². The molecule has 6 nitrogen and oxygen atoms in total. The Balaban J connectivity index is 1.69. The van der Waals surface area contributed by atoms with E-state index in [0.717, 1.165) is 31.4 Å². The van der Waals surface area contributed by atoms with Crippen molar-refractivity contribution in [3.05, 3.63) is 53.9 Å². The molecule has 1 aromatic heterocycles. The largest absolute Gasteiger partial charge is 0.351 e. The molecule has 0 radical (unpaired) electrons. The number of carbonyl (C=O) groups excluding carboxylic acids is 3. The summed E-state index contributed by atoms with van der Waals surface area (Å²) in [5.74, 6) is -0.317. The first-order chi connectivity index (χ1) is 13.0. The molecule has 2 amide bonds. The van der Waals surface area contributed by atoms with E-state index in [1.807, 2.05) is 22.9 Å². The van der Waals surface area contributed by atoms with Crippen LogP contribution in [0.3, 0.4) is 0 Å². The van der Waals surface area contributed by atoms with Crippen molar-refractivity contribution >= 4 is 23.3 Å². The molecule has 0 spiro atoms. The van der Waals surface area contributed by atoms with E-state index in [1.54, 1.807) is 29.2 Å². The van der Waals surface area contributed by atoms with Crippen LogP contribution in [0.25, 0.3) is 0 Å². The van der Waals surface area contributed by atoms with Crippen molar-refractivity contribution in [2.45, 2.75) is 51.2 Å². The molecule has 140 valence electrons. The first-order valence-corrected chi connectivity index (χ1v) is 9.43. The van der Waals surface area contributed by atoms with Crippen molar-refractivity contribution in [3.63, 3.8) is 0 Å². The highest BCUT2D eigenvalue weighted by Crippen LogP contribution is 2.33. The minimum absolute atomic E-state index is 0.0316. The lowest BCUT2D eigenvalue weighted by Crippen LogP contribution is -2.50. The van der Waals surface area contributed by atoms with Crippen LogP contribution < -0.4 is 10.2 Å². The highest BCUT2D eigenvalue weighted by molar-refractivity contribution is 6.03. The Kier molecular flexibility index (Phi) is 4.56. The molecule has 27 heavy (non-hydrogen) atoms. The number of rotatable bonds is 4. The van der Waals surface area contributed by atoms with Gasteiger partial charge in [0, 0.05) is 23.5 Å². The molecule has 1 aromatic carbocycles. The minimum atomic E-state index is -0.704. The van der Waals surface area contributed by atoms with Gasteiger partial charge < -0.3 is 9.88 Å². The number of hydrogen-bond donors (Lipinski definition) is 1. The van der Waals surface area contributed by atoms with Crippen LogP contribution in [0.4, 0.5) is 5.69 Å². The predicted octanol–water partition coefficient (Wildman–Crippen LogP) is 2.84. The number of nitrogens with one attached hydrogen (secondary N) is 1. The van der Waals surface area contributed by atoms with E-state index in [9.17, 15) is 14.4 Å². The fraction of sp³-hybridized carbons (Fsp3) is 0.381. The molecule has 1 fully saturated rings. The molecule has 1 aliphatic carbocycles. The molecule has 1 aliphatic heterocycles. The summed E-state index contributed by atoms with van der Waals surface area (Å²) in [5.41, 5.74) is 2.02. The summed E-state index contributed by atoms with van der Waals surface area (Å²) in [5, 5.41) is 3.13. The third-order valence-corrected chi connectivity index (χ3v) is 5.48. The standard InChI is InChI=1S/C21H23N3O3/c1-14(25)15-8-10-17(11-9-15)24-19(26)13-23-12-4-7-18(23)20(24)21(27)22-16-5-2-3-6-16/h4,7-12,16,20H,2-3,5-6,13H2,1H3,(H,22,27). The van der Waals surface area contributed by atoms with E-state index < -0.39 is 6.04 Å². The van der Waals surface area contributed by atoms with E-state index in [-0.39, 0.29) is 30.2 Å². The van der Waals surface area contributed by atoms with Crippen molar-refractivity contribution in [2.75, 3.05) is 4.90 Å². The summed E-state index contributed by atoms with van der Waals surface area (Å²) >= 11 is 0. The first-order valence-electron chi connectivity index (χ1n) is 9.43. The second-order valence-corrected chi connectivity index (χ2v) is 7.32. The number of amides is 2. The average Bonchev–Trinajstić information content (AvgIpc) is 3.32. The van der Waals surface area contributed by atoms with Crippen molar-refractivity contribution in [1.29, 1.82) is 0 Å². The highest BCUT2D eigenvalue weighted by Gasteiger charge is 2.39. The lowest BCUT2D eigenvalue weighted by Gasteiger charge is -2.36. The summed E-state index contributed by atoms with van der Waals surface area (Å²) in [6.45, 7) is 1.70. The maximum atomic E-state index is 13.1. The average molecular weight is 365 g/mol. The van der Waals surface area contributed by atoms with Gasteiger partial charge in [0.05, 0.1) is 5.69 Å². The van der Waals surface area contributed by atoms with Crippen molar-refractivity contribution in [2.24, 2.45) is 0 Å². The van der Waals surface area contributed by atoms with Gasteiger partial charge >= 0.3 is 0 Å². The second kappa shape index (κ2) is 7.02. The Labute approximate surface area is 158 Å². The van der Waals surface area contributed by atoms with E-state index in [2.05, 4.69) is 5.32 Å². The third kappa shape index (κ3) is 3.27. The van der Waals surface area contributed by atoms with Crippen LogP contribution in [0.15, 0.2) is 42.6 Å². The first kappa shape index (κ1) is 17.5. The Morgan fingerprint density at radius 2 is 1.78 bits per heavy atom. The SMILES string of the molecule is CC(=O)c1ccc(N2C(=O)Cn3cccc3C2C(=O)NC2CCCC2)cc1. The fourth-order valence-corrected chi connectivity index (χ4v) is 4.07. The molecule has 6 heteroatoms. The lowest BCUT2D eigenvalue weighted by atomic mass is 10.0. The topological polar surface area (TPSA) is 71.4 Å². The van der Waals surface area contributed by atoms with E-state index in [4.69, 9.17) is 0 Å². The van der Waals surface area contributed by atoms with Gasteiger partial charge in [0.15, 0.2) is 11.8 Å². The van der Waals surface area contributed by atoms with Gasteiger partial charge in [-0.25, -0.2) is 0 Å². The fourth-order valence-electron chi connectivity index (χ4n) is 4.07. The van der Waals surface area contributed by atoms with Crippen molar-refractivity contribution < 1.29 is 14.4 Å². The van der Waals surface area contributed by atoms with Gasteiger partial charge in [-0.15, -0.1) is 0 Å². The number of hydrogen-bond acceptors (Lipinski definition) is 3. The molecule has 0 saturated heterocycles. The van der Waals surface area contributed by atoms with Crippen LogP contribution in [0.2, 0.25) is 0 Å². The van der Waals surface area contributed by atoms with Gasteiger partial charge in [-0.3, -0.25) is 19.3 Å². The number of carbonyl (C=O) groups is 3. The summed E-state index contributed by atoms with van der Waals surface area (Å²) in [6.07, 6.45) is 6.06. The molecule has 2 aromatic rings. The zero-order valence-electron chi connectivity index (χ0n) is 15.4. The maximum Gasteiger partial charge on any atom is 0.249 e. The Bertz CT molecular complexity index is 878. The summed E-state index contributed by atoms with van der Waals surface area (Å²) in [6, 6.07) is 10.1. The van der Waals surface area contributed by atoms with Crippen LogP contribution in [0, 0.1) is 0 Å². The van der Waals surface area contributed by atoms with E-state index in [1.165, 1.54) is 6.92 Å². The predicted molar refractivity (Wildman–Crippen MR) is 102 cm³/mol. The number of ketones is 1.